The smallest absolute Gasteiger partial charge is 0.277 e. The van der Waals surface area contributed by atoms with Crippen molar-refractivity contribution in [2.24, 2.45) is 5.10 Å². The molecule has 0 heterocycles. The lowest BCUT2D eigenvalue weighted by atomic mass is 10.2. The number of nitrogens with one attached hydrogen (secondary N) is 1. The number of hydrogen-bond acceptors (Lipinski definition) is 5. The van der Waals surface area contributed by atoms with Crippen LogP contribution in [0.1, 0.15) is 12.5 Å². The molecule has 1 amide bonds. The molecule has 0 atom stereocenters. The van der Waals surface area contributed by atoms with E-state index in [0.717, 1.165) is 14.5 Å². The predicted octanol–water partition coefficient (Wildman–Crippen LogP) is 4.15. The Balaban J connectivity index is 1.93. The molecule has 26 heavy (non-hydrogen) atoms. The van der Waals surface area contributed by atoms with Crippen LogP contribution in [0.2, 0.25) is 0 Å². The number of methoxy groups -OCH3 is 1. The van der Waals surface area contributed by atoms with Crippen LogP contribution in [0.4, 0.5) is 0 Å². The fourth-order valence-electron chi connectivity index (χ4n) is 2.02. The number of carbonyl (C=O) groups is 1. The summed E-state index contributed by atoms with van der Waals surface area (Å²) in [6, 6.07) is 10.8. The minimum atomic E-state index is -0.363. The minimum Gasteiger partial charge on any atom is -0.493 e. The van der Waals surface area contributed by atoms with Crippen molar-refractivity contribution in [3.05, 3.63) is 50.9 Å². The van der Waals surface area contributed by atoms with E-state index in [9.17, 15) is 4.79 Å². The van der Waals surface area contributed by atoms with Gasteiger partial charge in [-0.1, -0.05) is 22.0 Å². The fourth-order valence-corrected chi connectivity index (χ4v) is 2.97. The maximum atomic E-state index is 11.8. The Morgan fingerprint density at radius 1 is 1.23 bits per heavy atom. The van der Waals surface area contributed by atoms with Crippen molar-refractivity contribution in [1.29, 1.82) is 0 Å². The lowest BCUT2D eigenvalue weighted by molar-refractivity contribution is -0.123. The summed E-state index contributed by atoms with van der Waals surface area (Å²) in [7, 11) is 1.56. The molecule has 2 rings (SSSR count). The Morgan fingerprint density at radius 3 is 2.73 bits per heavy atom. The number of ether oxygens (including phenoxy) is 3. The van der Waals surface area contributed by atoms with Crippen molar-refractivity contribution in [2.45, 2.75) is 6.92 Å². The molecule has 2 aromatic rings. The summed E-state index contributed by atoms with van der Waals surface area (Å²) in [6.45, 7) is 2.29. The summed E-state index contributed by atoms with van der Waals surface area (Å²) < 4.78 is 17.9. The van der Waals surface area contributed by atoms with Crippen molar-refractivity contribution in [2.75, 3.05) is 20.3 Å². The van der Waals surface area contributed by atoms with Crippen LogP contribution < -0.4 is 19.6 Å². The van der Waals surface area contributed by atoms with E-state index < -0.39 is 0 Å². The molecule has 8 heteroatoms. The maximum absolute atomic E-state index is 11.8. The van der Waals surface area contributed by atoms with Gasteiger partial charge in [0.2, 0.25) is 0 Å². The summed E-state index contributed by atoms with van der Waals surface area (Å²) in [5, 5.41) is 3.93. The van der Waals surface area contributed by atoms with Crippen molar-refractivity contribution in [1.82, 2.24) is 5.43 Å². The highest BCUT2D eigenvalue weighted by Gasteiger charge is 2.10. The first-order valence-corrected chi connectivity index (χ1v) is 9.32. The third kappa shape index (κ3) is 6.03. The normalized spacial score (nSPS) is 10.6. The van der Waals surface area contributed by atoms with Crippen LogP contribution in [0.15, 0.2) is 50.4 Å². The SMILES string of the molecule is CCOc1c(Br)cc(/C=N/NC(=O)COc2cccc(Br)c2)cc1OC. The van der Waals surface area contributed by atoms with Crippen LogP contribution in [0.3, 0.4) is 0 Å². The summed E-state index contributed by atoms with van der Waals surface area (Å²) in [5.41, 5.74) is 3.16. The van der Waals surface area contributed by atoms with Gasteiger partial charge in [-0.3, -0.25) is 4.79 Å². The van der Waals surface area contributed by atoms with E-state index in [4.69, 9.17) is 14.2 Å². The largest absolute Gasteiger partial charge is 0.493 e. The molecule has 0 unspecified atom stereocenters. The van der Waals surface area contributed by atoms with Gasteiger partial charge in [0.15, 0.2) is 18.1 Å². The highest BCUT2D eigenvalue weighted by molar-refractivity contribution is 9.10. The lowest BCUT2D eigenvalue weighted by Gasteiger charge is -2.12. The van der Waals surface area contributed by atoms with Crippen LogP contribution in [0.5, 0.6) is 17.2 Å². The van der Waals surface area contributed by atoms with Crippen LogP contribution in [-0.2, 0) is 4.79 Å². The second-order valence-corrected chi connectivity index (χ2v) is 6.78. The van der Waals surface area contributed by atoms with E-state index >= 15 is 0 Å². The number of carbonyl (C=O) groups excluding carboxylic acids is 1. The summed E-state index contributed by atoms with van der Waals surface area (Å²) >= 11 is 6.78. The molecular weight excluding hydrogens is 468 g/mol. The van der Waals surface area contributed by atoms with Gasteiger partial charge in [-0.15, -0.1) is 0 Å². The molecule has 0 bridgehead atoms. The average molecular weight is 486 g/mol. The molecule has 138 valence electrons. The van der Waals surface area contributed by atoms with Crippen molar-refractivity contribution < 1.29 is 19.0 Å². The number of nitrogens with zero attached hydrogens (tertiary/aromatic N) is 1. The Labute approximate surface area is 168 Å². The number of rotatable bonds is 8. The first kappa shape index (κ1) is 20.3. The zero-order valence-corrected chi connectivity index (χ0v) is 17.5. The van der Waals surface area contributed by atoms with E-state index in [0.29, 0.717) is 23.9 Å². The van der Waals surface area contributed by atoms with Crippen molar-refractivity contribution in [3.63, 3.8) is 0 Å². The highest BCUT2D eigenvalue weighted by atomic mass is 79.9. The molecule has 0 aliphatic carbocycles. The van der Waals surface area contributed by atoms with Gasteiger partial charge >= 0.3 is 0 Å². The second kappa shape index (κ2) is 10.2. The molecule has 0 saturated carbocycles. The Hall–Kier alpha value is -2.06. The zero-order valence-electron chi connectivity index (χ0n) is 14.3. The molecule has 1 N–H and O–H groups in total. The molecule has 0 fully saturated rings. The fraction of sp³-hybridized carbons (Fsp3) is 0.222. The standard InChI is InChI=1S/C18H18Br2N2O4/c1-3-25-18-15(20)7-12(8-16(18)24-2)10-21-22-17(23)11-26-14-6-4-5-13(19)9-14/h4-10H,3,11H2,1-2H3,(H,22,23)/b21-10+. The van der Waals surface area contributed by atoms with Crippen LogP contribution in [0.25, 0.3) is 0 Å². The molecule has 2 aromatic carbocycles. The third-order valence-corrected chi connectivity index (χ3v) is 4.19. The zero-order chi connectivity index (χ0) is 18.9. The average Bonchev–Trinajstić information content (AvgIpc) is 2.62. The van der Waals surface area contributed by atoms with Crippen LogP contribution in [-0.4, -0.2) is 32.4 Å². The molecule has 0 saturated heterocycles. The Kier molecular flexibility index (Phi) is 7.93. The van der Waals surface area contributed by atoms with Gasteiger partial charge in [-0.05, 0) is 58.7 Å². The number of hydrogen-bond donors (Lipinski definition) is 1. The van der Waals surface area contributed by atoms with Gasteiger partial charge in [0.05, 0.1) is 24.4 Å². The minimum absolute atomic E-state index is 0.135. The summed E-state index contributed by atoms with van der Waals surface area (Å²) in [5.74, 6) is 1.43. The Bertz CT molecular complexity index is 797. The second-order valence-electron chi connectivity index (χ2n) is 5.01. The number of halogens is 2. The highest BCUT2D eigenvalue weighted by Crippen LogP contribution is 2.36. The van der Waals surface area contributed by atoms with Gasteiger partial charge in [0, 0.05) is 4.47 Å². The van der Waals surface area contributed by atoms with E-state index in [1.165, 1.54) is 6.21 Å². The molecule has 0 aliphatic heterocycles. The van der Waals surface area contributed by atoms with E-state index in [-0.39, 0.29) is 12.5 Å². The Morgan fingerprint density at radius 2 is 2.04 bits per heavy atom. The third-order valence-electron chi connectivity index (χ3n) is 3.11. The van der Waals surface area contributed by atoms with Gasteiger partial charge in [-0.25, -0.2) is 5.43 Å². The lowest BCUT2D eigenvalue weighted by Crippen LogP contribution is -2.24. The predicted molar refractivity (Wildman–Crippen MR) is 107 cm³/mol. The number of benzene rings is 2. The van der Waals surface area contributed by atoms with Crippen molar-refractivity contribution >= 4 is 44.0 Å². The van der Waals surface area contributed by atoms with E-state index in [1.807, 2.05) is 25.1 Å². The van der Waals surface area contributed by atoms with Gasteiger partial charge in [0.25, 0.3) is 5.91 Å². The summed E-state index contributed by atoms with van der Waals surface area (Å²) in [4.78, 5) is 11.8. The van der Waals surface area contributed by atoms with Gasteiger partial charge < -0.3 is 14.2 Å². The number of hydrazone groups is 1. The van der Waals surface area contributed by atoms with Crippen LogP contribution in [0, 0.1) is 0 Å². The molecule has 0 spiro atoms. The first-order valence-electron chi connectivity index (χ1n) is 7.74. The first-order chi connectivity index (χ1) is 12.5. The van der Waals surface area contributed by atoms with E-state index in [1.54, 1.807) is 25.3 Å². The van der Waals surface area contributed by atoms with Crippen LogP contribution >= 0.6 is 31.9 Å². The quantitative estimate of drug-likeness (QED) is 0.450. The van der Waals surface area contributed by atoms with E-state index in [2.05, 4.69) is 42.4 Å². The molecular formula is C18H18Br2N2O4. The molecule has 0 aromatic heterocycles. The van der Waals surface area contributed by atoms with Gasteiger partial charge in [-0.2, -0.15) is 5.10 Å². The molecule has 0 aliphatic rings. The topological polar surface area (TPSA) is 69.2 Å². The number of amides is 1. The maximum Gasteiger partial charge on any atom is 0.277 e. The monoisotopic (exact) mass is 484 g/mol. The summed E-state index contributed by atoms with van der Waals surface area (Å²) in [6.07, 6.45) is 1.51. The van der Waals surface area contributed by atoms with Gasteiger partial charge in [0.1, 0.15) is 5.75 Å². The van der Waals surface area contributed by atoms with Crippen molar-refractivity contribution in [3.8, 4) is 17.2 Å². The molecule has 6 nitrogen and oxygen atoms in total. The molecule has 0 radical (unpaired) electrons.